The van der Waals surface area contributed by atoms with E-state index in [9.17, 15) is 0 Å². The molecule has 0 spiro atoms. The number of morpholine rings is 1. The van der Waals surface area contributed by atoms with Gasteiger partial charge in [-0.3, -0.25) is 0 Å². The number of pyridine rings is 1. The van der Waals surface area contributed by atoms with Crippen molar-refractivity contribution in [2.75, 3.05) is 31.2 Å². The van der Waals surface area contributed by atoms with Gasteiger partial charge in [0, 0.05) is 23.8 Å². The molecule has 1 aromatic heterocycles. The van der Waals surface area contributed by atoms with Crippen molar-refractivity contribution in [3.05, 3.63) is 22.3 Å². The average Bonchev–Trinajstić information content (AvgIpc) is 2.30. The molecule has 3 nitrogen and oxygen atoms in total. The Labute approximate surface area is 98.6 Å². The maximum absolute atomic E-state index is 5.34. The van der Waals surface area contributed by atoms with Gasteiger partial charge >= 0.3 is 0 Å². The van der Waals surface area contributed by atoms with Crippen molar-refractivity contribution in [1.29, 1.82) is 0 Å². The lowest BCUT2D eigenvalue weighted by atomic mass is 10.2. The highest BCUT2D eigenvalue weighted by atomic mass is 79.9. The van der Waals surface area contributed by atoms with Crippen LogP contribution in [-0.4, -0.2) is 31.3 Å². The first-order valence-electron chi connectivity index (χ1n) is 5.28. The van der Waals surface area contributed by atoms with Crippen molar-refractivity contribution in [3.8, 4) is 0 Å². The molecule has 0 bridgehead atoms. The van der Waals surface area contributed by atoms with Gasteiger partial charge < -0.3 is 9.64 Å². The van der Waals surface area contributed by atoms with Crippen molar-refractivity contribution in [2.45, 2.75) is 13.3 Å². The Morgan fingerprint density at radius 2 is 2.20 bits per heavy atom. The van der Waals surface area contributed by atoms with E-state index in [0.717, 1.165) is 43.0 Å². The first-order valence-corrected chi connectivity index (χ1v) is 6.07. The van der Waals surface area contributed by atoms with E-state index in [1.165, 1.54) is 5.56 Å². The Hall–Kier alpha value is -0.610. The molecule has 0 aliphatic carbocycles. The lowest BCUT2D eigenvalue weighted by molar-refractivity contribution is 0.122. The predicted molar refractivity (Wildman–Crippen MR) is 64.3 cm³/mol. The molecule has 1 aromatic rings. The first kappa shape index (κ1) is 10.9. The second kappa shape index (κ2) is 4.94. The molecule has 0 unspecified atom stereocenters. The van der Waals surface area contributed by atoms with Crippen LogP contribution in [-0.2, 0) is 11.2 Å². The maximum Gasteiger partial charge on any atom is 0.131 e. The monoisotopic (exact) mass is 270 g/mol. The Balaban J connectivity index is 2.25. The third-order valence-corrected chi connectivity index (χ3v) is 3.03. The van der Waals surface area contributed by atoms with Crippen LogP contribution >= 0.6 is 15.9 Å². The molecule has 0 N–H and O–H groups in total. The predicted octanol–water partition coefficient (Wildman–Crippen LogP) is 2.24. The molecule has 2 rings (SSSR count). The molecule has 1 fully saturated rings. The summed E-state index contributed by atoms with van der Waals surface area (Å²) >= 11 is 3.46. The van der Waals surface area contributed by atoms with Gasteiger partial charge in [-0.2, -0.15) is 0 Å². The molecular weight excluding hydrogens is 256 g/mol. The minimum atomic E-state index is 0.806. The summed E-state index contributed by atoms with van der Waals surface area (Å²) in [5.41, 5.74) is 1.30. The van der Waals surface area contributed by atoms with Gasteiger partial charge in [0.2, 0.25) is 0 Å². The summed E-state index contributed by atoms with van der Waals surface area (Å²) in [6.07, 6.45) is 2.88. The normalized spacial score (nSPS) is 16.8. The molecule has 4 heteroatoms. The molecule has 1 aliphatic heterocycles. The van der Waals surface area contributed by atoms with Gasteiger partial charge in [0.15, 0.2) is 0 Å². The molecule has 0 radical (unpaired) electrons. The zero-order valence-electron chi connectivity index (χ0n) is 8.87. The number of ether oxygens (including phenoxy) is 1. The summed E-state index contributed by atoms with van der Waals surface area (Å²) in [4.78, 5) is 6.80. The van der Waals surface area contributed by atoms with Crippen LogP contribution in [0.4, 0.5) is 5.82 Å². The van der Waals surface area contributed by atoms with E-state index < -0.39 is 0 Å². The fourth-order valence-corrected chi connectivity index (χ4v) is 2.17. The van der Waals surface area contributed by atoms with Crippen LogP contribution in [0.25, 0.3) is 0 Å². The molecule has 1 saturated heterocycles. The number of nitrogens with zero attached hydrogens (tertiary/aromatic N) is 2. The van der Waals surface area contributed by atoms with Crippen molar-refractivity contribution in [2.24, 2.45) is 0 Å². The first-order chi connectivity index (χ1) is 7.31. The Morgan fingerprint density at radius 1 is 1.47 bits per heavy atom. The zero-order chi connectivity index (χ0) is 10.7. The summed E-state index contributed by atoms with van der Waals surface area (Å²) in [6.45, 7) is 5.67. The van der Waals surface area contributed by atoms with Crippen LogP contribution in [0.5, 0.6) is 0 Å². The second-order valence-corrected chi connectivity index (χ2v) is 4.50. The van der Waals surface area contributed by atoms with Crippen LogP contribution in [0.2, 0.25) is 0 Å². The smallest absolute Gasteiger partial charge is 0.131 e. The van der Waals surface area contributed by atoms with Crippen molar-refractivity contribution >= 4 is 21.7 Å². The van der Waals surface area contributed by atoms with Crippen LogP contribution in [0.1, 0.15) is 12.5 Å². The summed E-state index contributed by atoms with van der Waals surface area (Å²) in [6, 6.07) is 2.15. The highest BCUT2D eigenvalue weighted by Gasteiger charge is 2.15. The van der Waals surface area contributed by atoms with Gasteiger partial charge in [0.25, 0.3) is 0 Å². The standard InChI is InChI=1S/C11H15BrN2O/c1-2-9-7-10(12)8-13-11(9)14-3-5-15-6-4-14/h7-8H,2-6H2,1H3. The van der Waals surface area contributed by atoms with E-state index in [-0.39, 0.29) is 0 Å². The highest BCUT2D eigenvalue weighted by Crippen LogP contribution is 2.22. The average molecular weight is 271 g/mol. The third-order valence-electron chi connectivity index (χ3n) is 2.60. The molecule has 0 atom stereocenters. The largest absolute Gasteiger partial charge is 0.378 e. The topological polar surface area (TPSA) is 25.4 Å². The molecule has 0 amide bonds. The third kappa shape index (κ3) is 2.49. The fraction of sp³-hybridized carbons (Fsp3) is 0.545. The number of halogens is 1. The Kier molecular flexibility index (Phi) is 3.59. The van der Waals surface area contributed by atoms with Crippen molar-refractivity contribution < 1.29 is 4.74 Å². The van der Waals surface area contributed by atoms with Gasteiger partial charge in [-0.1, -0.05) is 6.92 Å². The molecule has 2 heterocycles. The number of hydrogen-bond acceptors (Lipinski definition) is 3. The minimum Gasteiger partial charge on any atom is -0.378 e. The molecule has 82 valence electrons. The fourth-order valence-electron chi connectivity index (χ4n) is 1.79. The molecule has 0 aromatic carbocycles. The number of anilines is 1. The van der Waals surface area contributed by atoms with Gasteiger partial charge in [-0.05, 0) is 34.0 Å². The van der Waals surface area contributed by atoms with Crippen LogP contribution in [0.15, 0.2) is 16.7 Å². The van der Waals surface area contributed by atoms with E-state index in [2.05, 4.69) is 38.8 Å². The Bertz CT molecular complexity index is 337. The number of hydrogen-bond donors (Lipinski definition) is 0. The van der Waals surface area contributed by atoms with E-state index in [0.29, 0.717) is 0 Å². The van der Waals surface area contributed by atoms with E-state index in [1.54, 1.807) is 0 Å². The SMILES string of the molecule is CCc1cc(Br)cnc1N1CCOCC1. The number of rotatable bonds is 2. The second-order valence-electron chi connectivity index (χ2n) is 3.59. The summed E-state index contributed by atoms with van der Waals surface area (Å²) in [5, 5.41) is 0. The zero-order valence-corrected chi connectivity index (χ0v) is 10.5. The molecule has 15 heavy (non-hydrogen) atoms. The summed E-state index contributed by atoms with van der Waals surface area (Å²) in [5.74, 6) is 1.11. The van der Waals surface area contributed by atoms with Gasteiger partial charge in [0.1, 0.15) is 5.82 Å². The lowest BCUT2D eigenvalue weighted by Gasteiger charge is -2.29. The van der Waals surface area contributed by atoms with Gasteiger partial charge in [0.05, 0.1) is 13.2 Å². The van der Waals surface area contributed by atoms with E-state index in [1.807, 2.05) is 6.20 Å². The van der Waals surface area contributed by atoms with Crippen molar-refractivity contribution in [1.82, 2.24) is 4.98 Å². The lowest BCUT2D eigenvalue weighted by Crippen LogP contribution is -2.37. The van der Waals surface area contributed by atoms with Crippen LogP contribution in [0, 0.1) is 0 Å². The van der Waals surface area contributed by atoms with E-state index >= 15 is 0 Å². The number of aromatic nitrogens is 1. The minimum absolute atomic E-state index is 0.806. The molecule has 1 aliphatic rings. The van der Waals surface area contributed by atoms with Crippen molar-refractivity contribution in [3.63, 3.8) is 0 Å². The molecule has 0 saturated carbocycles. The summed E-state index contributed by atoms with van der Waals surface area (Å²) in [7, 11) is 0. The Morgan fingerprint density at radius 3 is 2.87 bits per heavy atom. The highest BCUT2D eigenvalue weighted by molar-refractivity contribution is 9.10. The molecular formula is C11H15BrN2O. The quantitative estimate of drug-likeness (QED) is 0.825. The summed E-state index contributed by atoms with van der Waals surface area (Å²) < 4.78 is 6.39. The van der Waals surface area contributed by atoms with Crippen LogP contribution < -0.4 is 4.90 Å². The van der Waals surface area contributed by atoms with Gasteiger partial charge in [-0.15, -0.1) is 0 Å². The maximum atomic E-state index is 5.34. The van der Waals surface area contributed by atoms with E-state index in [4.69, 9.17) is 4.74 Å². The van der Waals surface area contributed by atoms with Gasteiger partial charge in [-0.25, -0.2) is 4.98 Å². The number of aryl methyl sites for hydroxylation is 1. The van der Waals surface area contributed by atoms with Crippen LogP contribution in [0.3, 0.4) is 0 Å².